The normalized spacial score (nSPS) is 25.8. The summed E-state index contributed by atoms with van der Waals surface area (Å²) in [5.41, 5.74) is 0.0123. The fraction of sp³-hybridized carbons (Fsp3) is 0.308. The third kappa shape index (κ3) is 1.71. The Bertz CT molecular complexity index is 578. The van der Waals surface area contributed by atoms with Crippen molar-refractivity contribution in [1.82, 2.24) is 0 Å². The molecule has 2 heterocycles. The van der Waals surface area contributed by atoms with E-state index in [0.717, 1.165) is 16.2 Å². The van der Waals surface area contributed by atoms with Crippen molar-refractivity contribution in [3.05, 3.63) is 29.2 Å². The van der Waals surface area contributed by atoms with Gasteiger partial charge in [-0.25, -0.2) is 9.69 Å². The highest BCUT2D eigenvalue weighted by Gasteiger charge is 2.49. The lowest BCUT2D eigenvalue weighted by Crippen LogP contribution is -2.31. The van der Waals surface area contributed by atoms with E-state index in [0.29, 0.717) is 12.8 Å². The topological polar surface area (TPSA) is 74.7 Å². The quantitative estimate of drug-likeness (QED) is 0.662. The summed E-state index contributed by atoms with van der Waals surface area (Å²) >= 11 is 1.11. The van der Waals surface area contributed by atoms with Crippen LogP contribution >= 0.6 is 11.3 Å². The van der Waals surface area contributed by atoms with Gasteiger partial charge < -0.3 is 5.11 Å². The Morgan fingerprint density at radius 1 is 1.21 bits per heavy atom. The Kier molecular flexibility index (Phi) is 2.74. The molecular formula is C13H11NO4S. The zero-order chi connectivity index (χ0) is 13.6. The van der Waals surface area contributed by atoms with Crippen LogP contribution in [0, 0.1) is 11.8 Å². The Morgan fingerprint density at radius 3 is 2.32 bits per heavy atom. The first-order valence-electron chi connectivity index (χ1n) is 5.95. The minimum Gasteiger partial charge on any atom is -0.478 e. The number of thiophene rings is 1. The third-order valence-electron chi connectivity index (χ3n) is 3.59. The molecule has 98 valence electrons. The van der Waals surface area contributed by atoms with Crippen LogP contribution in [0.5, 0.6) is 0 Å². The molecule has 0 bridgehead atoms. The number of hydrogen-bond acceptors (Lipinski definition) is 4. The molecule has 1 N–H and O–H groups in total. The maximum atomic E-state index is 12.3. The fourth-order valence-electron chi connectivity index (χ4n) is 2.64. The molecule has 5 nitrogen and oxygen atoms in total. The van der Waals surface area contributed by atoms with E-state index in [-0.39, 0.29) is 34.2 Å². The second-order valence-corrected chi connectivity index (χ2v) is 5.51. The molecule has 1 aliphatic carbocycles. The number of anilines is 1. The van der Waals surface area contributed by atoms with Gasteiger partial charge in [-0.05, 0) is 24.3 Å². The molecule has 1 saturated heterocycles. The van der Waals surface area contributed by atoms with Gasteiger partial charge in [-0.1, -0.05) is 12.2 Å². The first-order valence-corrected chi connectivity index (χ1v) is 6.83. The van der Waals surface area contributed by atoms with Gasteiger partial charge in [-0.15, -0.1) is 11.3 Å². The van der Waals surface area contributed by atoms with Gasteiger partial charge in [0, 0.05) is 0 Å². The third-order valence-corrected chi connectivity index (χ3v) is 4.48. The van der Waals surface area contributed by atoms with Crippen LogP contribution in [0.25, 0.3) is 0 Å². The summed E-state index contributed by atoms with van der Waals surface area (Å²) in [6.45, 7) is 0. The van der Waals surface area contributed by atoms with Crippen LogP contribution in [0.15, 0.2) is 23.6 Å². The van der Waals surface area contributed by atoms with Crippen molar-refractivity contribution in [1.29, 1.82) is 0 Å². The van der Waals surface area contributed by atoms with Gasteiger partial charge in [0.05, 0.1) is 17.4 Å². The molecular weight excluding hydrogens is 266 g/mol. The molecule has 1 aromatic rings. The summed E-state index contributed by atoms with van der Waals surface area (Å²) in [5.74, 6) is -2.33. The lowest BCUT2D eigenvalue weighted by molar-refractivity contribution is -0.122. The molecule has 6 heteroatoms. The van der Waals surface area contributed by atoms with Crippen molar-refractivity contribution in [2.24, 2.45) is 11.8 Å². The van der Waals surface area contributed by atoms with Crippen molar-refractivity contribution in [3.63, 3.8) is 0 Å². The molecule has 0 radical (unpaired) electrons. The van der Waals surface area contributed by atoms with Crippen LogP contribution in [0.1, 0.15) is 23.2 Å². The molecule has 1 aromatic heterocycles. The van der Waals surface area contributed by atoms with Gasteiger partial charge >= 0.3 is 5.97 Å². The number of carboxylic acid groups (broad SMARTS) is 1. The Morgan fingerprint density at radius 2 is 1.79 bits per heavy atom. The molecule has 2 atom stereocenters. The number of amides is 2. The van der Waals surface area contributed by atoms with Gasteiger partial charge in [0.2, 0.25) is 11.8 Å². The van der Waals surface area contributed by atoms with E-state index in [9.17, 15) is 14.4 Å². The summed E-state index contributed by atoms with van der Waals surface area (Å²) in [7, 11) is 0. The SMILES string of the molecule is O=C(O)c1ccsc1N1C(=O)C2CC=CCC2C1=O. The van der Waals surface area contributed by atoms with Gasteiger partial charge in [-0.3, -0.25) is 9.59 Å². The lowest BCUT2D eigenvalue weighted by atomic mass is 9.85. The Balaban J connectivity index is 2.02. The fourth-order valence-corrected chi connectivity index (χ4v) is 3.54. The van der Waals surface area contributed by atoms with Crippen molar-refractivity contribution in [2.45, 2.75) is 12.8 Å². The number of rotatable bonds is 2. The smallest absolute Gasteiger partial charge is 0.338 e. The van der Waals surface area contributed by atoms with E-state index in [4.69, 9.17) is 5.11 Å². The van der Waals surface area contributed by atoms with Crippen LogP contribution < -0.4 is 4.90 Å². The molecule has 1 fully saturated rings. The summed E-state index contributed by atoms with van der Waals surface area (Å²) in [5, 5.41) is 10.9. The zero-order valence-electron chi connectivity index (χ0n) is 9.91. The number of allylic oxidation sites excluding steroid dienone is 2. The number of imide groups is 1. The van der Waals surface area contributed by atoms with Gasteiger partial charge in [0.1, 0.15) is 5.00 Å². The predicted octanol–water partition coefficient (Wildman–Crippen LogP) is 1.90. The van der Waals surface area contributed by atoms with Crippen LogP contribution in [0.4, 0.5) is 5.00 Å². The Hall–Kier alpha value is -1.95. The highest BCUT2D eigenvalue weighted by atomic mass is 32.1. The minimum atomic E-state index is -1.12. The summed E-state index contributed by atoms with van der Waals surface area (Å²) < 4.78 is 0. The number of carbonyl (C=O) groups excluding carboxylic acids is 2. The number of nitrogens with zero attached hydrogens (tertiary/aromatic N) is 1. The van der Waals surface area contributed by atoms with Gasteiger partial charge in [-0.2, -0.15) is 0 Å². The largest absolute Gasteiger partial charge is 0.478 e. The maximum absolute atomic E-state index is 12.3. The summed E-state index contributed by atoms with van der Waals surface area (Å²) in [6, 6.07) is 1.42. The van der Waals surface area contributed by atoms with E-state index < -0.39 is 5.97 Å². The number of carboxylic acids is 1. The molecule has 19 heavy (non-hydrogen) atoms. The van der Waals surface area contributed by atoms with Crippen molar-refractivity contribution < 1.29 is 19.5 Å². The zero-order valence-corrected chi connectivity index (χ0v) is 10.7. The molecule has 0 saturated carbocycles. The highest BCUT2D eigenvalue weighted by Crippen LogP contribution is 2.40. The van der Waals surface area contributed by atoms with E-state index in [2.05, 4.69) is 0 Å². The average Bonchev–Trinajstić information content (AvgIpc) is 2.95. The average molecular weight is 277 g/mol. The lowest BCUT2D eigenvalue weighted by Gasteiger charge is -2.14. The number of hydrogen-bond donors (Lipinski definition) is 1. The van der Waals surface area contributed by atoms with Gasteiger partial charge in [0.15, 0.2) is 0 Å². The molecule has 1 aliphatic heterocycles. The van der Waals surface area contributed by atoms with E-state index >= 15 is 0 Å². The Labute approximate surface area is 113 Å². The minimum absolute atomic E-state index is 0.0123. The second kappa shape index (κ2) is 4.31. The standard InChI is InChI=1S/C13H11NO4S/c15-10-7-3-1-2-4-8(7)11(16)14(10)12-9(13(17)18)5-6-19-12/h1-2,5-8H,3-4H2,(H,17,18). The molecule has 2 amide bonds. The second-order valence-electron chi connectivity index (χ2n) is 4.61. The van der Waals surface area contributed by atoms with Crippen LogP contribution in [-0.4, -0.2) is 22.9 Å². The number of carbonyl (C=O) groups is 3. The van der Waals surface area contributed by atoms with Crippen LogP contribution in [-0.2, 0) is 9.59 Å². The molecule has 0 aromatic carbocycles. The van der Waals surface area contributed by atoms with Crippen LogP contribution in [0.2, 0.25) is 0 Å². The van der Waals surface area contributed by atoms with E-state index in [1.165, 1.54) is 6.07 Å². The molecule has 2 unspecified atom stereocenters. The summed E-state index contributed by atoms with van der Waals surface area (Å²) in [4.78, 5) is 36.8. The first-order chi connectivity index (χ1) is 9.11. The first kappa shape index (κ1) is 12.1. The molecule has 3 rings (SSSR count). The molecule has 2 aliphatic rings. The van der Waals surface area contributed by atoms with Crippen molar-refractivity contribution in [3.8, 4) is 0 Å². The van der Waals surface area contributed by atoms with Crippen LogP contribution in [0.3, 0.4) is 0 Å². The summed E-state index contributed by atoms with van der Waals surface area (Å²) in [6.07, 6.45) is 4.92. The number of aromatic carboxylic acids is 1. The molecule has 0 spiro atoms. The highest BCUT2D eigenvalue weighted by molar-refractivity contribution is 7.15. The van der Waals surface area contributed by atoms with E-state index in [1.807, 2.05) is 12.2 Å². The number of fused-ring (bicyclic) bond motifs is 1. The van der Waals surface area contributed by atoms with E-state index in [1.54, 1.807) is 5.38 Å². The monoisotopic (exact) mass is 277 g/mol. The van der Waals surface area contributed by atoms with Crippen molar-refractivity contribution >= 4 is 34.1 Å². The van der Waals surface area contributed by atoms with Crippen molar-refractivity contribution in [2.75, 3.05) is 4.90 Å². The predicted molar refractivity (Wildman–Crippen MR) is 69.1 cm³/mol. The van der Waals surface area contributed by atoms with Gasteiger partial charge in [0.25, 0.3) is 0 Å². The maximum Gasteiger partial charge on any atom is 0.338 e.